The molecular weight excluding hydrogens is 416 g/mol. The second kappa shape index (κ2) is 16.5. The van der Waals surface area contributed by atoms with E-state index in [0.29, 0.717) is 39.3 Å². The third kappa shape index (κ3) is 7.42. The number of unbranched alkanes of at least 4 members (excludes halogenated alkanes) is 6. The molecule has 0 fully saturated rings. The average molecular weight is 471 g/mol. The standard InChI is InChI=1S/C27H54N2O4/c1-7-13-19-28(20-14-8-2,21-15-9-3)27(25(30)31,26(32)33)29(22-16-10-4,23-17-11-5)24-18-12-6/h7-24H2,1-6H3. The van der Waals surface area contributed by atoms with Gasteiger partial charge in [-0.3, -0.25) is 8.97 Å². The van der Waals surface area contributed by atoms with Crippen LogP contribution in [0, 0.1) is 0 Å². The van der Waals surface area contributed by atoms with Gasteiger partial charge in [-0.1, -0.05) is 80.1 Å². The van der Waals surface area contributed by atoms with Gasteiger partial charge in [-0.05, 0) is 38.5 Å². The van der Waals surface area contributed by atoms with E-state index in [2.05, 4.69) is 41.5 Å². The highest BCUT2D eigenvalue weighted by Crippen LogP contribution is 2.39. The van der Waals surface area contributed by atoms with Gasteiger partial charge in [0.2, 0.25) is 0 Å². The van der Waals surface area contributed by atoms with Gasteiger partial charge in [0.05, 0.1) is 39.3 Å². The molecule has 0 radical (unpaired) electrons. The summed E-state index contributed by atoms with van der Waals surface area (Å²) in [6.07, 6.45) is 10.2. The van der Waals surface area contributed by atoms with E-state index in [-0.39, 0.29) is 8.97 Å². The Labute approximate surface area is 204 Å². The van der Waals surface area contributed by atoms with Crippen LogP contribution in [-0.4, -0.2) is 65.8 Å². The lowest BCUT2D eigenvalue weighted by atomic mass is 9.92. The van der Waals surface area contributed by atoms with E-state index in [0.717, 1.165) is 77.0 Å². The molecule has 6 heteroatoms. The van der Waals surface area contributed by atoms with E-state index in [4.69, 9.17) is 0 Å². The van der Waals surface area contributed by atoms with Gasteiger partial charge in [0.1, 0.15) is 0 Å². The van der Waals surface area contributed by atoms with Gasteiger partial charge in [-0.25, -0.2) is 0 Å². The molecule has 0 heterocycles. The molecule has 0 aromatic rings. The predicted molar refractivity (Wildman–Crippen MR) is 132 cm³/mol. The molecule has 0 N–H and O–H groups in total. The zero-order chi connectivity index (χ0) is 25.4. The van der Waals surface area contributed by atoms with Crippen LogP contribution in [0.15, 0.2) is 0 Å². The van der Waals surface area contributed by atoms with Gasteiger partial charge in [0, 0.05) is 0 Å². The van der Waals surface area contributed by atoms with E-state index >= 15 is 0 Å². The van der Waals surface area contributed by atoms with E-state index in [1.54, 1.807) is 0 Å². The first-order valence-electron chi connectivity index (χ1n) is 13.9. The Kier molecular flexibility index (Phi) is 15.9. The van der Waals surface area contributed by atoms with Crippen molar-refractivity contribution in [3.63, 3.8) is 0 Å². The van der Waals surface area contributed by atoms with Crippen molar-refractivity contribution in [2.45, 2.75) is 124 Å². The molecule has 0 spiro atoms. The minimum Gasteiger partial charge on any atom is -0.539 e. The Morgan fingerprint density at radius 2 is 0.667 bits per heavy atom. The van der Waals surface area contributed by atoms with Crippen LogP contribution in [-0.2, 0) is 9.59 Å². The summed E-state index contributed by atoms with van der Waals surface area (Å²) < 4.78 is 0.120. The van der Waals surface area contributed by atoms with Gasteiger partial charge in [0.15, 0.2) is 11.9 Å². The van der Waals surface area contributed by atoms with Crippen LogP contribution in [0.25, 0.3) is 0 Å². The minimum atomic E-state index is -2.08. The van der Waals surface area contributed by atoms with Crippen molar-refractivity contribution in [2.75, 3.05) is 39.3 Å². The van der Waals surface area contributed by atoms with Gasteiger partial charge < -0.3 is 19.8 Å². The predicted octanol–water partition coefficient (Wildman–Crippen LogP) is 3.62. The molecule has 0 bridgehead atoms. The lowest BCUT2D eigenvalue weighted by Crippen LogP contribution is -2.90. The summed E-state index contributed by atoms with van der Waals surface area (Å²) in [5.74, 6) is -2.87. The average Bonchev–Trinajstić information content (AvgIpc) is 2.79. The van der Waals surface area contributed by atoms with Gasteiger partial charge in [0.25, 0.3) is 0 Å². The maximum atomic E-state index is 13.4. The zero-order valence-electron chi connectivity index (χ0n) is 22.8. The fraction of sp³-hybridized carbons (Fsp3) is 0.926. The molecule has 0 saturated carbocycles. The van der Waals surface area contributed by atoms with E-state index in [1.807, 2.05) is 0 Å². The number of nitrogens with zero attached hydrogens (tertiary/aromatic N) is 2. The van der Waals surface area contributed by atoms with Crippen LogP contribution in [0.1, 0.15) is 119 Å². The second-order valence-corrected chi connectivity index (χ2v) is 10.0. The summed E-state index contributed by atoms with van der Waals surface area (Å²) >= 11 is 0. The molecule has 196 valence electrons. The smallest absolute Gasteiger partial charge is 0.308 e. The molecule has 0 unspecified atom stereocenters. The number of rotatable bonds is 22. The molecule has 0 saturated heterocycles. The summed E-state index contributed by atoms with van der Waals surface area (Å²) in [7, 11) is 0. The van der Waals surface area contributed by atoms with E-state index in [1.165, 1.54) is 0 Å². The summed E-state index contributed by atoms with van der Waals surface area (Å²) in [4.78, 5) is 26.7. The Bertz CT molecular complexity index is 459. The van der Waals surface area contributed by atoms with Crippen molar-refractivity contribution in [3.8, 4) is 0 Å². The topological polar surface area (TPSA) is 80.3 Å². The number of aliphatic carboxylic acids is 2. The number of carboxylic acids is 2. The van der Waals surface area contributed by atoms with Crippen molar-refractivity contribution >= 4 is 11.9 Å². The van der Waals surface area contributed by atoms with Gasteiger partial charge >= 0.3 is 5.66 Å². The minimum absolute atomic E-state index is 0.0599. The van der Waals surface area contributed by atoms with Crippen LogP contribution >= 0.6 is 0 Å². The van der Waals surface area contributed by atoms with Crippen molar-refractivity contribution in [3.05, 3.63) is 0 Å². The van der Waals surface area contributed by atoms with Crippen molar-refractivity contribution in [1.82, 2.24) is 0 Å². The van der Waals surface area contributed by atoms with Crippen LogP contribution in [0.3, 0.4) is 0 Å². The monoisotopic (exact) mass is 470 g/mol. The fourth-order valence-corrected chi connectivity index (χ4v) is 5.71. The first kappa shape index (κ1) is 31.9. The van der Waals surface area contributed by atoms with Crippen molar-refractivity contribution in [2.24, 2.45) is 0 Å². The highest BCUT2D eigenvalue weighted by atomic mass is 16.4. The van der Waals surface area contributed by atoms with E-state index < -0.39 is 17.6 Å². The molecule has 6 nitrogen and oxygen atoms in total. The summed E-state index contributed by atoms with van der Waals surface area (Å²) in [6.45, 7) is 15.8. The molecule has 0 amide bonds. The zero-order valence-corrected chi connectivity index (χ0v) is 22.8. The lowest BCUT2D eigenvalue weighted by molar-refractivity contribution is -1.15. The van der Waals surface area contributed by atoms with Crippen LogP contribution in [0.2, 0.25) is 0 Å². The highest BCUT2D eigenvalue weighted by molar-refractivity contribution is 5.97. The van der Waals surface area contributed by atoms with Gasteiger partial charge in [-0.15, -0.1) is 0 Å². The number of carbonyl (C=O) groups excluding carboxylic acids is 2. The normalized spacial score (nSPS) is 12.8. The molecule has 0 aliphatic heterocycles. The van der Waals surface area contributed by atoms with Crippen molar-refractivity contribution in [1.29, 1.82) is 0 Å². The number of hydrogen-bond acceptors (Lipinski definition) is 4. The maximum absolute atomic E-state index is 13.4. The molecule has 0 aromatic carbocycles. The van der Waals surface area contributed by atoms with Gasteiger partial charge in [-0.2, -0.15) is 0 Å². The number of carbonyl (C=O) groups is 2. The highest BCUT2D eigenvalue weighted by Gasteiger charge is 2.66. The third-order valence-electron chi connectivity index (χ3n) is 7.58. The summed E-state index contributed by atoms with van der Waals surface area (Å²) in [5.41, 5.74) is -2.08. The molecule has 0 aliphatic carbocycles. The Balaban J connectivity index is 7.38. The number of quaternary nitrogens is 2. The number of carboxylic acid groups (broad SMARTS) is 2. The Hall–Kier alpha value is -1.14. The molecular formula is C27H54N2O4. The van der Waals surface area contributed by atoms with Crippen molar-refractivity contribution < 1.29 is 28.8 Å². The third-order valence-corrected chi connectivity index (χ3v) is 7.58. The maximum Gasteiger partial charge on any atom is 0.308 e. The molecule has 0 atom stereocenters. The first-order chi connectivity index (χ1) is 15.8. The summed E-state index contributed by atoms with van der Waals surface area (Å²) in [5, 5.41) is 26.7. The number of hydrogen-bond donors (Lipinski definition) is 0. The second-order valence-electron chi connectivity index (χ2n) is 10.0. The molecule has 0 aliphatic rings. The van der Waals surface area contributed by atoms with Crippen LogP contribution in [0.5, 0.6) is 0 Å². The lowest BCUT2D eigenvalue weighted by Gasteiger charge is -2.62. The molecule has 33 heavy (non-hydrogen) atoms. The quantitative estimate of drug-likeness (QED) is 0.137. The van der Waals surface area contributed by atoms with Crippen LogP contribution in [0.4, 0.5) is 0 Å². The fourth-order valence-electron chi connectivity index (χ4n) is 5.71. The SMILES string of the molecule is CCCC[N+](CCCC)(CCCC)C(C(=O)[O-])(C(=O)[O-])[N+](CCCC)(CCCC)CCCC. The van der Waals surface area contributed by atoms with Crippen LogP contribution < -0.4 is 10.2 Å². The largest absolute Gasteiger partial charge is 0.539 e. The molecule has 0 rings (SSSR count). The molecule has 0 aromatic heterocycles. The summed E-state index contributed by atoms with van der Waals surface area (Å²) in [6, 6.07) is 0. The van der Waals surface area contributed by atoms with E-state index in [9.17, 15) is 19.8 Å². The Morgan fingerprint density at radius 3 is 0.788 bits per heavy atom. The Morgan fingerprint density at radius 1 is 0.485 bits per heavy atom. The first-order valence-corrected chi connectivity index (χ1v) is 13.9.